The van der Waals surface area contributed by atoms with Crippen LogP contribution in [-0.2, 0) is 10.3 Å². The summed E-state index contributed by atoms with van der Waals surface area (Å²) >= 11 is 3.28. The lowest BCUT2D eigenvalue weighted by atomic mass is 9.91. The molecule has 0 saturated carbocycles. The number of benzene rings is 2. The van der Waals surface area contributed by atoms with E-state index in [1.807, 2.05) is 0 Å². The predicted molar refractivity (Wildman–Crippen MR) is 79.1 cm³/mol. The fourth-order valence-electron chi connectivity index (χ4n) is 1.88. The van der Waals surface area contributed by atoms with Gasteiger partial charge in [0.25, 0.3) is 0 Å². The fourth-order valence-corrected chi connectivity index (χ4v) is 2.14. The molecular weight excluding hydrogens is 344 g/mol. The van der Waals surface area contributed by atoms with E-state index in [1.165, 1.54) is 13.0 Å². The number of carboxylic acids is 1. The average Bonchev–Trinajstić information content (AvgIpc) is 2.44. The Hall–Kier alpha value is -1.95. The molecule has 2 rings (SSSR count). The van der Waals surface area contributed by atoms with Gasteiger partial charge in [-0.25, -0.2) is 13.6 Å². The second-order valence-electron chi connectivity index (χ2n) is 4.69. The second-order valence-corrected chi connectivity index (χ2v) is 5.61. The summed E-state index contributed by atoms with van der Waals surface area (Å²) in [7, 11) is 0. The molecule has 21 heavy (non-hydrogen) atoms. The normalized spacial score (nSPS) is 13.5. The van der Waals surface area contributed by atoms with E-state index in [0.717, 1.165) is 16.6 Å². The molecule has 0 aromatic heterocycles. The van der Waals surface area contributed by atoms with Gasteiger partial charge in [0.15, 0.2) is 17.2 Å². The molecule has 0 aliphatic heterocycles. The van der Waals surface area contributed by atoms with E-state index in [9.17, 15) is 18.7 Å². The van der Waals surface area contributed by atoms with Crippen molar-refractivity contribution in [2.24, 2.45) is 0 Å². The van der Waals surface area contributed by atoms with Gasteiger partial charge in [-0.1, -0.05) is 22.0 Å². The first-order valence-corrected chi connectivity index (χ1v) is 6.85. The quantitative estimate of drug-likeness (QED) is 0.866. The lowest BCUT2D eigenvalue weighted by Gasteiger charge is -2.28. The van der Waals surface area contributed by atoms with E-state index >= 15 is 0 Å². The molecule has 0 spiro atoms. The molecule has 2 aromatic carbocycles. The largest absolute Gasteiger partial charge is 0.479 e. The number of aliphatic carboxylic acids is 1. The molecule has 110 valence electrons. The van der Waals surface area contributed by atoms with Crippen LogP contribution >= 0.6 is 15.9 Å². The van der Waals surface area contributed by atoms with Crippen molar-refractivity contribution in [1.29, 1.82) is 0 Å². The van der Waals surface area contributed by atoms with Crippen molar-refractivity contribution in [3.63, 3.8) is 0 Å². The summed E-state index contributed by atoms with van der Waals surface area (Å²) in [5, 5.41) is 12.3. The van der Waals surface area contributed by atoms with E-state index in [1.54, 1.807) is 24.3 Å². The number of rotatable bonds is 4. The molecule has 1 atom stereocenters. The molecule has 0 aliphatic carbocycles. The first-order chi connectivity index (χ1) is 9.83. The topological polar surface area (TPSA) is 49.3 Å². The van der Waals surface area contributed by atoms with Crippen molar-refractivity contribution in [2.75, 3.05) is 5.32 Å². The van der Waals surface area contributed by atoms with Gasteiger partial charge in [-0.15, -0.1) is 0 Å². The van der Waals surface area contributed by atoms with E-state index in [0.29, 0.717) is 5.69 Å². The van der Waals surface area contributed by atoms with Gasteiger partial charge < -0.3 is 10.4 Å². The standard InChI is InChI=1S/C15H12BrF2NO2/c1-15(14(20)21,9-2-7-12(17)13(18)8-9)19-11-5-3-10(16)4-6-11/h2-8,19H,1H3,(H,20,21). The molecule has 0 amide bonds. The summed E-state index contributed by atoms with van der Waals surface area (Å²) in [6.45, 7) is 1.39. The van der Waals surface area contributed by atoms with Gasteiger partial charge in [0.1, 0.15) is 0 Å². The third-order valence-corrected chi connectivity index (χ3v) is 3.69. The van der Waals surface area contributed by atoms with Crippen LogP contribution in [0.5, 0.6) is 0 Å². The molecule has 6 heteroatoms. The van der Waals surface area contributed by atoms with Crippen LogP contribution in [-0.4, -0.2) is 11.1 Å². The molecule has 0 radical (unpaired) electrons. The summed E-state index contributed by atoms with van der Waals surface area (Å²) in [6, 6.07) is 9.91. The average molecular weight is 356 g/mol. The van der Waals surface area contributed by atoms with Crippen LogP contribution in [0.15, 0.2) is 46.9 Å². The van der Waals surface area contributed by atoms with Gasteiger partial charge in [-0.05, 0) is 48.9 Å². The zero-order valence-electron chi connectivity index (χ0n) is 11.0. The highest BCUT2D eigenvalue weighted by Crippen LogP contribution is 2.28. The minimum Gasteiger partial charge on any atom is -0.479 e. The Kier molecular flexibility index (Phi) is 4.27. The van der Waals surface area contributed by atoms with Gasteiger partial charge in [0, 0.05) is 10.2 Å². The summed E-state index contributed by atoms with van der Waals surface area (Å²) in [5.41, 5.74) is -0.910. The Bertz CT molecular complexity index is 676. The highest BCUT2D eigenvalue weighted by atomic mass is 79.9. The Morgan fingerprint density at radius 1 is 1.14 bits per heavy atom. The van der Waals surface area contributed by atoms with E-state index in [-0.39, 0.29) is 5.56 Å². The molecule has 0 bridgehead atoms. The van der Waals surface area contributed by atoms with Crippen molar-refractivity contribution < 1.29 is 18.7 Å². The number of hydrogen-bond donors (Lipinski definition) is 2. The van der Waals surface area contributed by atoms with Gasteiger partial charge in [-0.2, -0.15) is 0 Å². The Morgan fingerprint density at radius 3 is 2.29 bits per heavy atom. The number of carbonyl (C=O) groups is 1. The Labute approximate surface area is 128 Å². The monoisotopic (exact) mass is 355 g/mol. The van der Waals surface area contributed by atoms with Crippen LogP contribution in [0.4, 0.5) is 14.5 Å². The third-order valence-electron chi connectivity index (χ3n) is 3.16. The molecule has 0 heterocycles. The molecular formula is C15H12BrF2NO2. The first-order valence-electron chi connectivity index (χ1n) is 6.05. The van der Waals surface area contributed by atoms with Gasteiger partial charge >= 0.3 is 5.97 Å². The van der Waals surface area contributed by atoms with Gasteiger partial charge in [0.2, 0.25) is 0 Å². The number of anilines is 1. The Balaban J connectivity index is 2.42. The lowest BCUT2D eigenvalue weighted by Crippen LogP contribution is -2.40. The van der Waals surface area contributed by atoms with Crippen molar-refractivity contribution in [1.82, 2.24) is 0 Å². The zero-order chi connectivity index (χ0) is 15.6. The summed E-state index contributed by atoms with van der Waals surface area (Å²) in [6.07, 6.45) is 0. The van der Waals surface area contributed by atoms with E-state index in [2.05, 4.69) is 21.2 Å². The number of nitrogens with one attached hydrogen (secondary N) is 1. The molecule has 2 N–H and O–H groups in total. The summed E-state index contributed by atoms with van der Waals surface area (Å²) in [4.78, 5) is 11.6. The van der Waals surface area contributed by atoms with Crippen molar-refractivity contribution in [3.05, 3.63) is 64.1 Å². The van der Waals surface area contributed by atoms with Crippen LogP contribution in [0.2, 0.25) is 0 Å². The van der Waals surface area contributed by atoms with E-state index in [4.69, 9.17) is 0 Å². The maximum atomic E-state index is 13.4. The zero-order valence-corrected chi connectivity index (χ0v) is 12.6. The third kappa shape index (κ3) is 3.21. The second kappa shape index (κ2) is 5.81. The summed E-state index contributed by atoms with van der Waals surface area (Å²) in [5.74, 6) is -3.30. The molecule has 0 saturated heterocycles. The van der Waals surface area contributed by atoms with Crippen LogP contribution in [0, 0.1) is 11.6 Å². The van der Waals surface area contributed by atoms with Gasteiger partial charge in [0.05, 0.1) is 0 Å². The minimum absolute atomic E-state index is 0.122. The summed E-state index contributed by atoms with van der Waals surface area (Å²) < 4.78 is 27.2. The van der Waals surface area contributed by atoms with Crippen molar-refractivity contribution in [3.8, 4) is 0 Å². The number of halogens is 3. The van der Waals surface area contributed by atoms with Crippen molar-refractivity contribution >= 4 is 27.6 Å². The van der Waals surface area contributed by atoms with Crippen molar-refractivity contribution in [2.45, 2.75) is 12.5 Å². The molecule has 0 aliphatic rings. The molecule has 1 unspecified atom stereocenters. The van der Waals surface area contributed by atoms with Crippen LogP contribution in [0.25, 0.3) is 0 Å². The lowest BCUT2D eigenvalue weighted by molar-refractivity contribution is -0.142. The Morgan fingerprint density at radius 2 is 1.76 bits per heavy atom. The highest BCUT2D eigenvalue weighted by Gasteiger charge is 2.35. The molecule has 2 aromatic rings. The molecule has 3 nitrogen and oxygen atoms in total. The van der Waals surface area contributed by atoms with Crippen LogP contribution in [0.3, 0.4) is 0 Å². The van der Waals surface area contributed by atoms with Crippen LogP contribution in [0.1, 0.15) is 12.5 Å². The smallest absolute Gasteiger partial charge is 0.333 e. The number of hydrogen-bond acceptors (Lipinski definition) is 2. The number of carboxylic acid groups (broad SMARTS) is 1. The first kappa shape index (κ1) is 15.4. The SMILES string of the molecule is CC(Nc1ccc(Br)cc1)(C(=O)O)c1ccc(F)c(F)c1. The maximum Gasteiger partial charge on any atom is 0.333 e. The predicted octanol–water partition coefficient (Wildman–Crippen LogP) is 4.14. The van der Waals surface area contributed by atoms with Crippen LogP contribution < -0.4 is 5.32 Å². The highest BCUT2D eigenvalue weighted by molar-refractivity contribution is 9.10. The maximum absolute atomic E-state index is 13.4. The fraction of sp³-hybridized carbons (Fsp3) is 0.133. The van der Waals surface area contributed by atoms with E-state index < -0.39 is 23.1 Å². The van der Waals surface area contributed by atoms with Gasteiger partial charge in [-0.3, -0.25) is 0 Å². The minimum atomic E-state index is -1.58. The molecule has 0 fully saturated rings.